The van der Waals surface area contributed by atoms with Gasteiger partial charge in [0.2, 0.25) is 0 Å². The molecule has 0 amide bonds. The molecule has 0 spiro atoms. The predicted molar refractivity (Wildman–Crippen MR) is 72.1 cm³/mol. The SMILES string of the molecule is Cc1ccc(O)c(CNN2C(C)CCCC2C)n1. The predicted octanol–water partition coefficient (Wildman–Crippen LogP) is 2.36. The number of hydrogen-bond donors (Lipinski definition) is 2. The van der Waals surface area contributed by atoms with E-state index in [4.69, 9.17) is 0 Å². The maximum atomic E-state index is 9.78. The lowest BCUT2D eigenvalue weighted by molar-refractivity contribution is 0.0428. The monoisotopic (exact) mass is 249 g/mol. The molecular weight excluding hydrogens is 226 g/mol. The Kier molecular flexibility index (Phi) is 4.19. The number of aromatic hydroxyl groups is 1. The van der Waals surface area contributed by atoms with Crippen LogP contribution in [0.3, 0.4) is 0 Å². The van der Waals surface area contributed by atoms with Gasteiger partial charge in [0.15, 0.2) is 0 Å². The average Bonchev–Trinajstić information content (AvgIpc) is 2.33. The van der Waals surface area contributed by atoms with Crippen LogP contribution in [0, 0.1) is 6.92 Å². The van der Waals surface area contributed by atoms with Crippen molar-refractivity contribution < 1.29 is 5.11 Å². The molecule has 1 aliphatic rings. The van der Waals surface area contributed by atoms with Crippen molar-refractivity contribution in [3.05, 3.63) is 23.5 Å². The summed E-state index contributed by atoms with van der Waals surface area (Å²) in [4.78, 5) is 4.37. The van der Waals surface area contributed by atoms with Crippen LogP contribution in [0.25, 0.3) is 0 Å². The Morgan fingerprint density at radius 2 is 2.00 bits per heavy atom. The molecule has 1 aliphatic heterocycles. The van der Waals surface area contributed by atoms with Crippen molar-refractivity contribution in [1.29, 1.82) is 0 Å². The molecule has 0 radical (unpaired) electrons. The quantitative estimate of drug-likeness (QED) is 0.863. The fourth-order valence-corrected chi connectivity index (χ4v) is 2.63. The zero-order chi connectivity index (χ0) is 13.1. The number of rotatable bonds is 3. The van der Waals surface area contributed by atoms with Gasteiger partial charge in [-0.2, -0.15) is 0 Å². The van der Waals surface area contributed by atoms with Crippen molar-refractivity contribution in [3.63, 3.8) is 0 Å². The van der Waals surface area contributed by atoms with Gasteiger partial charge in [-0.3, -0.25) is 4.98 Å². The minimum absolute atomic E-state index is 0.269. The molecule has 0 saturated carbocycles. The second kappa shape index (κ2) is 5.67. The van der Waals surface area contributed by atoms with Crippen molar-refractivity contribution in [2.45, 2.75) is 58.7 Å². The van der Waals surface area contributed by atoms with E-state index in [0.29, 0.717) is 18.6 Å². The number of pyridine rings is 1. The van der Waals surface area contributed by atoms with E-state index < -0.39 is 0 Å². The molecule has 2 atom stereocenters. The summed E-state index contributed by atoms with van der Waals surface area (Å²) in [5.41, 5.74) is 5.07. The van der Waals surface area contributed by atoms with Gasteiger partial charge in [0.1, 0.15) is 5.75 Å². The highest BCUT2D eigenvalue weighted by molar-refractivity contribution is 5.27. The van der Waals surface area contributed by atoms with E-state index in [1.807, 2.05) is 13.0 Å². The van der Waals surface area contributed by atoms with E-state index >= 15 is 0 Å². The highest BCUT2D eigenvalue weighted by atomic mass is 16.3. The Bertz CT molecular complexity index is 398. The van der Waals surface area contributed by atoms with Crippen LogP contribution < -0.4 is 5.43 Å². The van der Waals surface area contributed by atoms with E-state index in [9.17, 15) is 5.11 Å². The Morgan fingerprint density at radius 1 is 1.33 bits per heavy atom. The number of aromatic nitrogens is 1. The third-order valence-electron chi connectivity index (χ3n) is 3.71. The van der Waals surface area contributed by atoms with Crippen LogP contribution in [-0.2, 0) is 6.54 Å². The average molecular weight is 249 g/mol. The zero-order valence-corrected chi connectivity index (χ0v) is 11.5. The second-order valence-electron chi connectivity index (χ2n) is 5.29. The zero-order valence-electron chi connectivity index (χ0n) is 11.5. The van der Waals surface area contributed by atoms with Crippen molar-refractivity contribution in [2.24, 2.45) is 0 Å². The maximum absolute atomic E-state index is 9.78. The van der Waals surface area contributed by atoms with E-state index in [1.54, 1.807) is 6.07 Å². The number of piperidine rings is 1. The molecule has 2 N–H and O–H groups in total. The van der Waals surface area contributed by atoms with E-state index in [0.717, 1.165) is 11.4 Å². The van der Waals surface area contributed by atoms with Gasteiger partial charge in [-0.25, -0.2) is 10.4 Å². The van der Waals surface area contributed by atoms with Crippen LogP contribution in [0.15, 0.2) is 12.1 Å². The summed E-state index contributed by atoms with van der Waals surface area (Å²) in [6.07, 6.45) is 3.75. The summed E-state index contributed by atoms with van der Waals surface area (Å²) in [7, 11) is 0. The summed E-state index contributed by atoms with van der Waals surface area (Å²) in [6.45, 7) is 7.01. The standard InChI is InChI=1S/C14H23N3O/c1-10-7-8-14(18)13(16-10)9-15-17-11(2)5-4-6-12(17)3/h7-8,11-12,15,18H,4-6,9H2,1-3H3. The first kappa shape index (κ1) is 13.3. The highest BCUT2D eigenvalue weighted by Gasteiger charge is 2.24. The molecule has 0 aromatic carbocycles. The fraction of sp³-hybridized carbons (Fsp3) is 0.643. The van der Waals surface area contributed by atoms with Crippen molar-refractivity contribution in [1.82, 2.24) is 15.4 Å². The molecular formula is C14H23N3O. The molecule has 4 nitrogen and oxygen atoms in total. The molecule has 1 saturated heterocycles. The first-order valence-corrected chi connectivity index (χ1v) is 6.75. The third-order valence-corrected chi connectivity index (χ3v) is 3.71. The Hall–Kier alpha value is -1.13. The molecule has 4 heteroatoms. The Morgan fingerprint density at radius 3 is 2.67 bits per heavy atom. The maximum Gasteiger partial charge on any atom is 0.138 e. The molecule has 2 heterocycles. The van der Waals surface area contributed by atoms with Gasteiger partial charge in [0.25, 0.3) is 0 Å². The molecule has 2 rings (SSSR count). The lowest BCUT2D eigenvalue weighted by Gasteiger charge is -2.39. The molecule has 2 unspecified atom stereocenters. The van der Waals surface area contributed by atoms with Gasteiger partial charge in [0, 0.05) is 17.8 Å². The van der Waals surface area contributed by atoms with Gasteiger partial charge >= 0.3 is 0 Å². The van der Waals surface area contributed by atoms with Gasteiger partial charge < -0.3 is 5.11 Å². The summed E-state index contributed by atoms with van der Waals surface area (Å²) in [5, 5.41) is 12.1. The van der Waals surface area contributed by atoms with Crippen LogP contribution in [-0.4, -0.2) is 27.2 Å². The Labute approximate surface area is 109 Å². The minimum atomic E-state index is 0.269. The number of hydrazine groups is 1. The summed E-state index contributed by atoms with van der Waals surface area (Å²) in [6, 6.07) is 4.62. The van der Waals surface area contributed by atoms with Crippen LogP contribution in [0.5, 0.6) is 5.75 Å². The lowest BCUT2D eigenvalue weighted by Crippen LogP contribution is -2.51. The normalized spacial score (nSPS) is 25.3. The molecule has 1 fully saturated rings. The van der Waals surface area contributed by atoms with E-state index in [2.05, 4.69) is 29.3 Å². The lowest BCUT2D eigenvalue weighted by atomic mass is 10.00. The van der Waals surface area contributed by atoms with Gasteiger partial charge in [-0.1, -0.05) is 6.42 Å². The number of nitrogens with zero attached hydrogens (tertiary/aromatic N) is 2. The number of nitrogens with one attached hydrogen (secondary N) is 1. The molecule has 0 bridgehead atoms. The molecule has 18 heavy (non-hydrogen) atoms. The summed E-state index contributed by atoms with van der Waals surface area (Å²) >= 11 is 0. The first-order chi connectivity index (χ1) is 8.58. The van der Waals surface area contributed by atoms with Crippen LogP contribution in [0.4, 0.5) is 0 Å². The molecule has 1 aromatic rings. The third kappa shape index (κ3) is 3.00. The summed E-state index contributed by atoms with van der Waals surface area (Å²) < 4.78 is 0. The van der Waals surface area contributed by atoms with Crippen LogP contribution in [0.1, 0.15) is 44.5 Å². The number of aryl methyl sites for hydroxylation is 1. The van der Waals surface area contributed by atoms with Crippen LogP contribution >= 0.6 is 0 Å². The largest absolute Gasteiger partial charge is 0.506 e. The van der Waals surface area contributed by atoms with Gasteiger partial charge in [-0.15, -0.1) is 0 Å². The smallest absolute Gasteiger partial charge is 0.138 e. The molecule has 100 valence electrons. The van der Waals surface area contributed by atoms with Gasteiger partial charge in [0.05, 0.1) is 12.2 Å². The number of hydrogen-bond acceptors (Lipinski definition) is 4. The minimum Gasteiger partial charge on any atom is -0.506 e. The van der Waals surface area contributed by atoms with Gasteiger partial charge in [-0.05, 0) is 45.7 Å². The first-order valence-electron chi connectivity index (χ1n) is 6.75. The van der Waals surface area contributed by atoms with Crippen LogP contribution in [0.2, 0.25) is 0 Å². The fourth-order valence-electron chi connectivity index (χ4n) is 2.63. The second-order valence-corrected chi connectivity index (χ2v) is 5.29. The molecule has 1 aromatic heterocycles. The topological polar surface area (TPSA) is 48.4 Å². The Balaban J connectivity index is 1.99. The van der Waals surface area contributed by atoms with E-state index in [1.165, 1.54) is 19.3 Å². The van der Waals surface area contributed by atoms with E-state index in [-0.39, 0.29) is 5.75 Å². The highest BCUT2D eigenvalue weighted by Crippen LogP contribution is 2.21. The van der Waals surface area contributed by atoms with Crippen molar-refractivity contribution in [3.8, 4) is 5.75 Å². The van der Waals surface area contributed by atoms with Crippen molar-refractivity contribution >= 4 is 0 Å². The summed E-state index contributed by atoms with van der Waals surface area (Å²) in [5.74, 6) is 0.269. The molecule has 0 aliphatic carbocycles. The van der Waals surface area contributed by atoms with Crippen molar-refractivity contribution in [2.75, 3.05) is 0 Å².